The number of aromatic nitrogens is 12. The number of pyridine rings is 4. The Bertz CT molecular complexity index is 7640. The molecule has 144 heavy (non-hydrogen) atoms. The van der Waals surface area contributed by atoms with Crippen molar-refractivity contribution >= 4 is 132 Å². The fraction of sp³-hybridized carbons (Fsp3) is 0.0367. The van der Waals surface area contributed by atoms with Crippen LogP contribution in [0.1, 0.15) is 114 Å². The Hall–Kier alpha value is -20.6. The van der Waals surface area contributed by atoms with Gasteiger partial charge >= 0.3 is 0 Å². The van der Waals surface area contributed by atoms with Crippen molar-refractivity contribution in [1.82, 2.24) is 80.2 Å². The van der Waals surface area contributed by atoms with Gasteiger partial charge in [0.25, 0.3) is 65.0 Å². The number of nitrogens with two attached hydrogens (primary N) is 1. The van der Waals surface area contributed by atoms with Crippen molar-refractivity contribution in [2.24, 2.45) is 0 Å². The Morgan fingerprint density at radius 1 is 0.250 bits per heavy atom. The number of hydrogen-bond acceptors (Lipinski definition) is 28. The molecule has 35 nitrogen and oxygen atoms in total. The lowest BCUT2D eigenvalue weighted by Gasteiger charge is -2.19. The lowest BCUT2D eigenvalue weighted by Crippen LogP contribution is -2.38. The molecule has 0 aliphatic carbocycles. The van der Waals surface area contributed by atoms with Gasteiger partial charge in [-0.15, -0.1) is 0 Å². The molecular weight excluding hydrogens is 1830 g/mol. The van der Waals surface area contributed by atoms with Gasteiger partial charge in [0.05, 0.1) is 22.1 Å². The fourth-order valence-electron chi connectivity index (χ4n) is 14.0. The third-order valence-corrected chi connectivity index (χ3v) is 21.2. The van der Waals surface area contributed by atoms with Gasteiger partial charge in [0.15, 0.2) is 0 Å². The van der Waals surface area contributed by atoms with Crippen LogP contribution in [0.5, 0.6) is 46.0 Å². The summed E-state index contributed by atoms with van der Waals surface area (Å²) in [4.78, 5) is 196. The number of carbonyl (C=O) groups is 11. The molecule has 706 valence electrons. The van der Waals surface area contributed by atoms with Gasteiger partial charge in [0.1, 0.15) is 68.8 Å². The second-order valence-electron chi connectivity index (χ2n) is 31.0. The zero-order chi connectivity index (χ0) is 101. The highest BCUT2D eigenvalue weighted by Gasteiger charge is 2.32. The molecule has 0 unspecified atom stereocenters. The lowest BCUT2D eigenvalue weighted by atomic mass is 10.1. The number of imide groups is 4. The Morgan fingerprint density at radius 2 is 0.507 bits per heavy atom. The van der Waals surface area contributed by atoms with E-state index in [2.05, 4.69) is 75.8 Å². The number of nitrogens with one attached hydrogen (secondary N) is 3. The number of fused-ring (bicyclic) bond motifs is 4. The van der Waals surface area contributed by atoms with E-state index in [1.165, 1.54) is 70.5 Å². The smallest absolute Gasteiger partial charge is 0.279 e. The molecule has 19 rings (SSSR count). The number of nitrogen functional groups attached to an aromatic ring is 1. The summed E-state index contributed by atoms with van der Waals surface area (Å²) in [5.74, 6) is -1.23. The molecule has 11 amide bonds. The van der Waals surface area contributed by atoms with E-state index < -0.39 is 47.3 Å². The summed E-state index contributed by atoms with van der Waals surface area (Å²) in [6, 6.07) is 92.9. The molecule has 0 saturated heterocycles. The highest BCUT2D eigenvalue weighted by atomic mass is 16.5. The second kappa shape index (κ2) is 45.3. The maximum absolute atomic E-state index is 13.5. The zero-order valence-electron chi connectivity index (χ0n) is 76.7. The van der Waals surface area contributed by atoms with Gasteiger partial charge in [-0.2, -0.15) is 0 Å². The van der Waals surface area contributed by atoms with Crippen molar-refractivity contribution in [1.29, 1.82) is 0 Å². The first kappa shape index (κ1) is 96.5. The largest absolute Gasteiger partial charge is 0.457 e. The molecule has 0 spiro atoms. The zero-order valence-corrected chi connectivity index (χ0v) is 76.7. The first-order valence-electron chi connectivity index (χ1n) is 44.0. The number of benzene rings is 11. The topological polar surface area (TPSA) is 454 Å². The SMILES string of the molecule is CN(C(=O)c1ccccc1)C(=O)c1cc(Oc2ccc3nc(N(C(=O)c4ccccc4)C(=O)c4ccccc4)ncc3c2)ccn1.CN(C(=O)c1ccccc1)C(=O)c1cc(Oc2ccc3nc(N(C(=O)c4ccccc4)C(=O)c4ccccc4)ncc3c2)ccn1.CNC(=O)c1cc(Oc2ccc3nc(N)ncc3c2)ccn1.CNC(=O)c1cc(Oc2ccc3nc(NC(=O)c4ccccc4)ncc3c2)ccn1. The van der Waals surface area contributed by atoms with Crippen LogP contribution in [0.2, 0.25) is 0 Å². The van der Waals surface area contributed by atoms with Gasteiger partial charge in [-0.05, 0) is 182 Å². The lowest BCUT2D eigenvalue weighted by molar-refractivity contribution is 0.0637. The van der Waals surface area contributed by atoms with Crippen molar-refractivity contribution in [3.8, 4) is 46.0 Å². The van der Waals surface area contributed by atoms with Gasteiger partial charge in [0, 0.05) is 163 Å². The molecule has 8 aromatic heterocycles. The quantitative estimate of drug-likeness (QED) is 0.0458. The highest BCUT2D eigenvalue weighted by molar-refractivity contribution is 6.26. The number of amides is 11. The predicted octanol–water partition coefficient (Wildman–Crippen LogP) is 17.6. The van der Waals surface area contributed by atoms with Crippen molar-refractivity contribution in [2.45, 2.75) is 0 Å². The third-order valence-electron chi connectivity index (χ3n) is 21.2. The molecule has 0 aliphatic heterocycles. The fourth-order valence-corrected chi connectivity index (χ4v) is 14.0. The Labute approximate surface area is 819 Å². The van der Waals surface area contributed by atoms with Crippen molar-refractivity contribution in [2.75, 3.05) is 49.0 Å². The molecule has 19 aromatic rings. The minimum atomic E-state index is -0.585. The summed E-state index contributed by atoms with van der Waals surface area (Å²) in [5, 5.41) is 10.4. The first-order valence-corrected chi connectivity index (χ1v) is 44.0. The molecule has 0 radical (unpaired) electrons. The number of carbonyl (C=O) groups excluding carboxylic acids is 11. The molecule has 0 fully saturated rings. The van der Waals surface area contributed by atoms with Crippen LogP contribution < -0.4 is 50.4 Å². The van der Waals surface area contributed by atoms with Crippen molar-refractivity contribution in [3.05, 3.63) is 445 Å². The van der Waals surface area contributed by atoms with Crippen LogP contribution in [0.3, 0.4) is 0 Å². The number of ether oxygens (including phenoxy) is 4. The van der Waals surface area contributed by atoms with Gasteiger partial charge in [0.2, 0.25) is 23.8 Å². The van der Waals surface area contributed by atoms with E-state index in [1.807, 2.05) is 6.07 Å². The third kappa shape index (κ3) is 23.9. The van der Waals surface area contributed by atoms with E-state index in [9.17, 15) is 52.7 Å². The van der Waals surface area contributed by atoms with Crippen LogP contribution >= 0.6 is 0 Å². The average Bonchev–Trinajstić information content (AvgIpc) is 0.786. The number of anilines is 4. The predicted molar refractivity (Wildman–Crippen MR) is 535 cm³/mol. The van der Waals surface area contributed by atoms with Crippen molar-refractivity contribution in [3.63, 3.8) is 0 Å². The summed E-state index contributed by atoms with van der Waals surface area (Å²) < 4.78 is 23.6. The normalized spacial score (nSPS) is 10.6. The monoisotopic (exact) mass is 1910 g/mol. The van der Waals surface area contributed by atoms with Crippen LogP contribution in [0, 0.1) is 0 Å². The highest BCUT2D eigenvalue weighted by Crippen LogP contribution is 2.33. The molecule has 0 aliphatic rings. The number of nitrogens with zero attached hydrogens (tertiary/aromatic N) is 16. The summed E-state index contributed by atoms with van der Waals surface area (Å²) in [5.41, 5.74) is 11.0. The van der Waals surface area contributed by atoms with E-state index in [-0.39, 0.29) is 64.3 Å². The van der Waals surface area contributed by atoms with Gasteiger partial charge in [-0.1, -0.05) is 127 Å². The summed E-state index contributed by atoms with van der Waals surface area (Å²) >= 11 is 0. The van der Waals surface area contributed by atoms with E-state index in [4.69, 9.17) is 24.7 Å². The van der Waals surface area contributed by atoms with E-state index >= 15 is 0 Å². The molecule has 35 heteroatoms. The molecule has 0 saturated carbocycles. The van der Waals surface area contributed by atoms with E-state index in [1.54, 1.807) is 335 Å². The maximum atomic E-state index is 13.5. The van der Waals surface area contributed by atoms with Gasteiger partial charge in [-0.3, -0.25) is 87.8 Å². The number of hydrogen-bond donors (Lipinski definition) is 4. The van der Waals surface area contributed by atoms with Gasteiger partial charge < -0.3 is 35.3 Å². The van der Waals surface area contributed by atoms with Gasteiger partial charge in [-0.25, -0.2) is 49.7 Å². The van der Waals surface area contributed by atoms with Crippen LogP contribution in [-0.4, -0.2) is 163 Å². The Balaban J connectivity index is 0.000000143. The summed E-state index contributed by atoms with van der Waals surface area (Å²) in [6.45, 7) is 0. The molecule has 0 bridgehead atoms. The van der Waals surface area contributed by atoms with E-state index in [0.29, 0.717) is 112 Å². The molecule has 5 N–H and O–H groups in total. The van der Waals surface area contributed by atoms with Crippen LogP contribution in [0.25, 0.3) is 43.6 Å². The molecule has 11 aromatic carbocycles. The van der Waals surface area contributed by atoms with E-state index in [0.717, 1.165) is 35.9 Å². The van der Waals surface area contributed by atoms with Crippen LogP contribution in [0.4, 0.5) is 23.8 Å². The standard InChI is InChI=1S/2C36H25N5O5.C22H17N5O3.C15H13N5O2/c2*1-40(32(42)24-11-5-2-6-12-24)35(45)31-22-29(19-20-37-31)46-28-17-18-30-27(21-28)23-38-36(39-30)41(33(43)25-13-7-3-8-14-25)34(44)26-15-9-4-10-16-26;1-23-21(29)19-12-17(9-10-24-19)30-16-7-8-18-15(11-16)13-25-22(26-18)27-20(28)14-5-3-2-4-6-14;1-17-14(21)13-7-11(4-5-18-13)22-10-2-3-12-9(6-10)8-19-15(16)20-12/h2*2-23H,1H3;2-13H,1H3,(H,23,29)(H,25,26,27,28);2-8H,1H3,(H,17,21)(H2,16,19,20). The molecular formula is C109H80N20O15. The number of rotatable bonds is 22. The second-order valence-corrected chi connectivity index (χ2v) is 31.0. The first-order chi connectivity index (χ1) is 70.0. The molecule has 0 atom stereocenters. The Kier molecular flexibility index (Phi) is 30.4. The maximum Gasteiger partial charge on any atom is 0.279 e. The minimum Gasteiger partial charge on any atom is -0.457 e. The van der Waals surface area contributed by atoms with Crippen molar-refractivity contribution < 1.29 is 71.7 Å². The molecule has 8 heterocycles. The summed E-state index contributed by atoms with van der Waals surface area (Å²) in [7, 11) is 5.88. The van der Waals surface area contributed by atoms with Crippen LogP contribution in [-0.2, 0) is 0 Å². The minimum absolute atomic E-state index is 0.0318. The Morgan fingerprint density at radius 3 is 0.819 bits per heavy atom. The average molecular weight is 1910 g/mol. The van der Waals surface area contributed by atoms with Crippen LogP contribution in [0.15, 0.2) is 383 Å². The summed E-state index contributed by atoms with van der Waals surface area (Å²) in [6.07, 6.45) is 12.1.